The molecular formula is C16H25N3O3. The van der Waals surface area contributed by atoms with Gasteiger partial charge >= 0.3 is 6.03 Å². The van der Waals surface area contributed by atoms with Crippen LogP contribution in [0.3, 0.4) is 0 Å². The van der Waals surface area contributed by atoms with Crippen molar-refractivity contribution in [3.63, 3.8) is 0 Å². The first-order chi connectivity index (χ1) is 10.1. The molecule has 0 radical (unpaired) electrons. The molecule has 6 heteroatoms. The first kappa shape index (κ1) is 18.0. The number of carbonyl (C=O) groups excluding carboxylic acids is 2. The number of urea groups is 1. The zero-order valence-electron chi connectivity index (χ0n) is 13.8. The number of phenols is 1. The van der Waals surface area contributed by atoms with Crippen LogP contribution in [0.4, 0.5) is 4.79 Å². The van der Waals surface area contributed by atoms with Gasteiger partial charge in [-0.1, -0.05) is 12.1 Å². The molecule has 0 aliphatic carbocycles. The highest BCUT2D eigenvalue weighted by Crippen LogP contribution is 2.21. The lowest BCUT2D eigenvalue weighted by molar-refractivity contribution is -0.121. The molecule has 0 spiro atoms. The molecule has 0 aliphatic heterocycles. The van der Waals surface area contributed by atoms with Gasteiger partial charge in [-0.3, -0.25) is 15.0 Å². The van der Waals surface area contributed by atoms with Gasteiger partial charge in [0.25, 0.3) is 0 Å². The Morgan fingerprint density at radius 2 is 1.95 bits per heavy atom. The summed E-state index contributed by atoms with van der Waals surface area (Å²) in [6.07, 6.45) is 0. The molecule has 1 aromatic rings. The summed E-state index contributed by atoms with van der Waals surface area (Å²) in [4.78, 5) is 25.3. The number of amides is 3. The van der Waals surface area contributed by atoms with Crippen LogP contribution in [0.25, 0.3) is 0 Å². The Bertz CT molecular complexity index is 538. The zero-order chi connectivity index (χ0) is 16.9. The number of carbonyl (C=O) groups is 2. The van der Waals surface area contributed by atoms with Crippen molar-refractivity contribution in [2.75, 3.05) is 13.6 Å². The van der Waals surface area contributed by atoms with Gasteiger partial charge in [0.05, 0.1) is 6.54 Å². The molecule has 0 heterocycles. The van der Waals surface area contributed by atoms with E-state index in [9.17, 15) is 14.7 Å². The van der Waals surface area contributed by atoms with Gasteiger partial charge in [0.2, 0.25) is 5.91 Å². The fourth-order valence-corrected chi connectivity index (χ4v) is 1.94. The number of phenolic OH excluding ortho intramolecular Hbond substituents is 1. The normalized spacial score (nSPS) is 12.8. The van der Waals surface area contributed by atoms with E-state index < -0.39 is 11.6 Å². The van der Waals surface area contributed by atoms with Crippen molar-refractivity contribution in [3.8, 4) is 5.75 Å². The number of benzene rings is 1. The van der Waals surface area contributed by atoms with Crippen LogP contribution in [0, 0.1) is 0 Å². The Morgan fingerprint density at radius 1 is 1.32 bits per heavy atom. The van der Waals surface area contributed by atoms with Crippen LogP contribution < -0.4 is 10.6 Å². The standard InChI is InChI=1S/C16H25N3O3/c1-11(12-7-6-8-13(20)9-12)19(5)10-14(21)17-15(22)18-16(2,3)4/h6-9,11,20H,10H2,1-5H3,(H2,17,18,21,22)/t11-/m1/s1. The van der Waals surface area contributed by atoms with E-state index in [1.165, 1.54) is 0 Å². The minimum atomic E-state index is -0.504. The summed E-state index contributed by atoms with van der Waals surface area (Å²) in [6.45, 7) is 7.53. The maximum absolute atomic E-state index is 11.9. The van der Waals surface area contributed by atoms with Gasteiger partial charge in [0.15, 0.2) is 0 Å². The van der Waals surface area contributed by atoms with Crippen molar-refractivity contribution >= 4 is 11.9 Å². The number of nitrogens with one attached hydrogen (secondary N) is 2. The third-order valence-electron chi connectivity index (χ3n) is 3.15. The summed E-state index contributed by atoms with van der Waals surface area (Å²) >= 11 is 0. The third kappa shape index (κ3) is 6.13. The molecule has 1 aromatic carbocycles. The van der Waals surface area contributed by atoms with E-state index in [0.717, 1.165) is 5.56 Å². The molecular weight excluding hydrogens is 282 g/mol. The monoisotopic (exact) mass is 307 g/mol. The molecule has 3 amide bonds. The lowest BCUT2D eigenvalue weighted by atomic mass is 10.1. The van der Waals surface area contributed by atoms with E-state index in [-0.39, 0.29) is 24.2 Å². The van der Waals surface area contributed by atoms with Crippen molar-refractivity contribution in [1.29, 1.82) is 0 Å². The van der Waals surface area contributed by atoms with Crippen LogP contribution in [-0.4, -0.2) is 41.1 Å². The van der Waals surface area contributed by atoms with E-state index in [2.05, 4.69) is 10.6 Å². The number of likely N-dealkylation sites (N-methyl/N-ethyl adjacent to an activating group) is 1. The average molecular weight is 307 g/mol. The minimum absolute atomic E-state index is 0.0662. The molecule has 0 bridgehead atoms. The van der Waals surface area contributed by atoms with E-state index in [1.54, 1.807) is 30.1 Å². The largest absolute Gasteiger partial charge is 0.508 e. The van der Waals surface area contributed by atoms with Crippen LogP contribution >= 0.6 is 0 Å². The smallest absolute Gasteiger partial charge is 0.321 e. The maximum Gasteiger partial charge on any atom is 0.321 e. The fraction of sp³-hybridized carbons (Fsp3) is 0.500. The molecule has 3 N–H and O–H groups in total. The van der Waals surface area contributed by atoms with Crippen LogP contribution in [0.1, 0.15) is 39.3 Å². The lowest BCUT2D eigenvalue weighted by Crippen LogP contribution is -2.50. The van der Waals surface area contributed by atoms with Gasteiger partial charge in [-0.2, -0.15) is 0 Å². The second-order valence-corrected chi connectivity index (χ2v) is 6.44. The molecule has 0 saturated heterocycles. The molecule has 0 aromatic heterocycles. The van der Waals surface area contributed by atoms with Crippen molar-refractivity contribution in [3.05, 3.63) is 29.8 Å². The fourth-order valence-electron chi connectivity index (χ4n) is 1.94. The van der Waals surface area contributed by atoms with Crippen LogP contribution in [0.5, 0.6) is 5.75 Å². The number of hydrogen-bond donors (Lipinski definition) is 3. The maximum atomic E-state index is 11.9. The van der Waals surface area contributed by atoms with Crippen molar-refractivity contribution in [2.24, 2.45) is 0 Å². The van der Waals surface area contributed by atoms with Gasteiger partial charge in [-0.05, 0) is 52.4 Å². The van der Waals surface area contributed by atoms with Crippen LogP contribution in [0.15, 0.2) is 24.3 Å². The second kappa shape index (κ2) is 7.26. The Kier molecular flexibility index (Phi) is 5.93. The van der Waals surface area contributed by atoms with E-state index >= 15 is 0 Å². The highest BCUT2D eigenvalue weighted by molar-refractivity contribution is 5.95. The molecule has 0 saturated carbocycles. The summed E-state index contributed by atoms with van der Waals surface area (Å²) in [7, 11) is 1.79. The number of aromatic hydroxyl groups is 1. The van der Waals surface area contributed by atoms with Crippen molar-refractivity contribution in [1.82, 2.24) is 15.5 Å². The van der Waals surface area contributed by atoms with E-state index in [4.69, 9.17) is 0 Å². The molecule has 0 aliphatic rings. The van der Waals surface area contributed by atoms with Gasteiger partial charge in [0, 0.05) is 11.6 Å². The quantitative estimate of drug-likeness (QED) is 0.795. The highest BCUT2D eigenvalue weighted by Gasteiger charge is 2.19. The summed E-state index contributed by atoms with van der Waals surface area (Å²) in [5.41, 5.74) is 0.500. The highest BCUT2D eigenvalue weighted by atomic mass is 16.3. The SMILES string of the molecule is C[C@H](c1cccc(O)c1)N(C)CC(=O)NC(=O)NC(C)(C)C. The summed E-state index contributed by atoms with van der Waals surface area (Å²) < 4.78 is 0. The minimum Gasteiger partial charge on any atom is -0.508 e. The lowest BCUT2D eigenvalue weighted by Gasteiger charge is -2.25. The number of imide groups is 1. The van der Waals surface area contributed by atoms with Gasteiger partial charge in [0.1, 0.15) is 5.75 Å². The molecule has 0 unspecified atom stereocenters. The predicted octanol–water partition coefficient (Wildman–Crippen LogP) is 2.01. The molecule has 122 valence electrons. The van der Waals surface area contributed by atoms with Gasteiger partial charge in [-0.15, -0.1) is 0 Å². The Hall–Kier alpha value is -2.08. The first-order valence-corrected chi connectivity index (χ1v) is 7.19. The Morgan fingerprint density at radius 3 is 2.50 bits per heavy atom. The number of hydrogen-bond acceptors (Lipinski definition) is 4. The summed E-state index contributed by atoms with van der Waals surface area (Å²) in [6, 6.07) is 6.32. The second-order valence-electron chi connectivity index (χ2n) is 6.44. The molecule has 22 heavy (non-hydrogen) atoms. The molecule has 0 fully saturated rings. The molecule has 1 rings (SSSR count). The number of rotatable bonds is 4. The van der Waals surface area contributed by atoms with E-state index in [1.807, 2.05) is 33.8 Å². The average Bonchev–Trinajstić information content (AvgIpc) is 2.34. The summed E-state index contributed by atoms with van der Waals surface area (Å²) in [5, 5.41) is 14.5. The first-order valence-electron chi connectivity index (χ1n) is 7.19. The van der Waals surface area contributed by atoms with Crippen LogP contribution in [-0.2, 0) is 4.79 Å². The molecule has 1 atom stereocenters. The third-order valence-corrected chi connectivity index (χ3v) is 3.15. The predicted molar refractivity (Wildman–Crippen MR) is 85.6 cm³/mol. The molecule has 6 nitrogen and oxygen atoms in total. The number of nitrogens with zero attached hydrogens (tertiary/aromatic N) is 1. The Balaban J connectivity index is 2.55. The topological polar surface area (TPSA) is 81.7 Å². The van der Waals surface area contributed by atoms with Crippen molar-refractivity contribution in [2.45, 2.75) is 39.3 Å². The van der Waals surface area contributed by atoms with Gasteiger partial charge < -0.3 is 10.4 Å². The summed E-state index contributed by atoms with van der Waals surface area (Å²) in [5.74, 6) is -0.192. The zero-order valence-corrected chi connectivity index (χ0v) is 13.8. The van der Waals surface area contributed by atoms with Gasteiger partial charge in [-0.25, -0.2) is 4.79 Å². The van der Waals surface area contributed by atoms with Crippen LogP contribution in [0.2, 0.25) is 0 Å². The van der Waals surface area contributed by atoms with E-state index in [0.29, 0.717) is 0 Å². The van der Waals surface area contributed by atoms with Crippen molar-refractivity contribution < 1.29 is 14.7 Å². The Labute approximate surface area is 131 Å².